The molecule has 1 fully saturated rings. The Labute approximate surface area is 104 Å². The van der Waals surface area contributed by atoms with Gasteiger partial charge in [0.1, 0.15) is 6.04 Å². The molecule has 0 amide bonds. The summed E-state index contributed by atoms with van der Waals surface area (Å²) in [6.07, 6.45) is 6.90. The third-order valence-electron chi connectivity index (χ3n) is 3.68. The number of nitrogens with zero attached hydrogens (tertiary/aromatic N) is 1. The second-order valence-corrected chi connectivity index (χ2v) is 5.05. The number of rotatable bonds is 8. The summed E-state index contributed by atoms with van der Waals surface area (Å²) in [7, 11) is 2.15. The quantitative estimate of drug-likeness (QED) is 0.680. The third kappa shape index (κ3) is 5.04. The zero-order valence-electron chi connectivity index (χ0n) is 11.1. The van der Waals surface area contributed by atoms with E-state index >= 15 is 0 Å². The van der Waals surface area contributed by atoms with E-state index in [1.54, 1.807) is 0 Å². The number of aliphatic carboxylic acids is 1. The number of hydrogen-bond donors (Lipinski definition) is 2. The van der Waals surface area contributed by atoms with Crippen LogP contribution in [0.2, 0.25) is 0 Å². The van der Waals surface area contributed by atoms with E-state index in [-0.39, 0.29) is 6.04 Å². The zero-order valence-corrected chi connectivity index (χ0v) is 11.1. The third-order valence-corrected chi connectivity index (χ3v) is 3.68. The maximum absolute atomic E-state index is 10.9. The van der Waals surface area contributed by atoms with Gasteiger partial charge in [-0.15, -0.1) is 0 Å². The Hall–Kier alpha value is -0.610. The lowest BCUT2D eigenvalue weighted by Crippen LogP contribution is -2.42. The van der Waals surface area contributed by atoms with E-state index in [9.17, 15) is 4.79 Å². The summed E-state index contributed by atoms with van der Waals surface area (Å²) < 4.78 is 0. The van der Waals surface area contributed by atoms with Gasteiger partial charge in [0.05, 0.1) is 0 Å². The predicted molar refractivity (Wildman–Crippen MR) is 69.2 cm³/mol. The van der Waals surface area contributed by atoms with Gasteiger partial charge in [0.15, 0.2) is 0 Å². The highest BCUT2D eigenvalue weighted by Crippen LogP contribution is 2.21. The van der Waals surface area contributed by atoms with Gasteiger partial charge in [0, 0.05) is 19.1 Å². The van der Waals surface area contributed by atoms with Crippen LogP contribution in [0.5, 0.6) is 0 Å². The smallest absolute Gasteiger partial charge is 0.320 e. The molecule has 1 aliphatic carbocycles. The van der Waals surface area contributed by atoms with Crippen LogP contribution in [-0.4, -0.2) is 48.2 Å². The number of nitrogens with one attached hydrogen (secondary N) is 1. The van der Waals surface area contributed by atoms with E-state index < -0.39 is 5.97 Å². The molecule has 0 saturated heterocycles. The van der Waals surface area contributed by atoms with E-state index in [4.69, 9.17) is 5.11 Å². The van der Waals surface area contributed by atoms with Gasteiger partial charge in [-0.25, -0.2) is 0 Å². The summed E-state index contributed by atoms with van der Waals surface area (Å²) in [5.41, 5.74) is 0. The molecule has 1 unspecified atom stereocenters. The van der Waals surface area contributed by atoms with Crippen LogP contribution < -0.4 is 5.32 Å². The van der Waals surface area contributed by atoms with Crippen molar-refractivity contribution in [3.05, 3.63) is 0 Å². The summed E-state index contributed by atoms with van der Waals surface area (Å²) in [5, 5.41) is 12.1. The summed E-state index contributed by atoms with van der Waals surface area (Å²) in [5.74, 6) is -0.727. The van der Waals surface area contributed by atoms with Gasteiger partial charge in [-0.05, 0) is 26.3 Å². The summed E-state index contributed by atoms with van der Waals surface area (Å²) in [4.78, 5) is 13.3. The minimum absolute atomic E-state index is 0.378. The molecule has 0 aliphatic heterocycles. The molecule has 0 heterocycles. The lowest BCUT2D eigenvalue weighted by atomic mass is 10.1. The summed E-state index contributed by atoms with van der Waals surface area (Å²) in [6.45, 7) is 3.73. The molecule has 0 radical (unpaired) electrons. The van der Waals surface area contributed by atoms with Crippen LogP contribution in [0.15, 0.2) is 0 Å². The van der Waals surface area contributed by atoms with Crippen molar-refractivity contribution in [2.45, 2.75) is 57.5 Å². The molecule has 1 aliphatic rings. The maximum Gasteiger partial charge on any atom is 0.320 e. The number of carboxylic acid groups (broad SMARTS) is 1. The van der Waals surface area contributed by atoms with E-state index in [2.05, 4.69) is 17.3 Å². The molecule has 0 aromatic heterocycles. The SMILES string of the molecule is CCCC(NCCN(C)C1CCCC1)C(=O)O. The molecule has 0 aromatic carbocycles. The monoisotopic (exact) mass is 242 g/mol. The standard InChI is InChI=1S/C13H26N2O2/c1-3-6-12(13(16)17)14-9-10-15(2)11-7-4-5-8-11/h11-12,14H,3-10H2,1-2H3,(H,16,17). The lowest BCUT2D eigenvalue weighted by molar-refractivity contribution is -0.139. The van der Waals surface area contributed by atoms with Crippen LogP contribution in [0.4, 0.5) is 0 Å². The van der Waals surface area contributed by atoms with Crippen molar-refractivity contribution in [3.8, 4) is 0 Å². The molecule has 100 valence electrons. The molecular formula is C13H26N2O2. The molecule has 1 atom stereocenters. The molecule has 1 rings (SSSR count). The maximum atomic E-state index is 10.9. The Morgan fingerprint density at radius 3 is 2.65 bits per heavy atom. The van der Waals surface area contributed by atoms with Crippen LogP contribution in [0.3, 0.4) is 0 Å². The largest absolute Gasteiger partial charge is 0.480 e. The number of likely N-dealkylation sites (N-methyl/N-ethyl adjacent to an activating group) is 1. The van der Waals surface area contributed by atoms with E-state index in [0.29, 0.717) is 12.5 Å². The fourth-order valence-electron chi connectivity index (χ4n) is 2.54. The highest BCUT2D eigenvalue weighted by Gasteiger charge is 2.20. The summed E-state index contributed by atoms with van der Waals surface area (Å²) in [6, 6.07) is 0.336. The first kappa shape index (κ1) is 14.5. The van der Waals surface area contributed by atoms with Crippen LogP contribution in [0.1, 0.15) is 45.4 Å². The molecule has 0 aromatic rings. The first-order chi connectivity index (χ1) is 8.15. The summed E-state index contributed by atoms with van der Waals surface area (Å²) >= 11 is 0. The van der Waals surface area contributed by atoms with Gasteiger partial charge in [0.25, 0.3) is 0 Å². The van der Waals surface area contributed by atoms with Crippen LogP contribution in [-0.2, 0) is 4.79 Å². The van der Waals surface area contributed by atoms with Gasteiger partial charge < -0.3 is 15.3 Å². The topological polar surface area (TPSA) is 52.6 Å². The van der Waals surface area contributed by atoms with Crippen LogP contribution in [0.25, 0.3) is 0 Å². The molecule has 0 spiro atoms. The van der Waals surface area contributed by atoms with Crippen LogP contribution >= 0.6 is 0 Å². The van der Waals surface area contributed by atoms with Gasteiger partial charge >= 0.3 is 5.97 Å². The second-order valence-electron chi connectivity index (χ2n) is 5.05. The number of hydrogen-bond acceptors (Lipinski definition) is 3. The molecule has 4 heteroatoms. The fraction of sp³-hybridized carbons (Fsp3) is 0.923. The van der Waals surface area contributed by atoms with Crippen molar-refractivity contribution >= 4 is 5.97 Å². The van der Waals surface area contributed by atoms with Crippen molar-refractivity contribution in [2.75, 3.05) is 20.1 Å². The van der Waals surface area contributed by atoms with E-state index in [1.807, 2.05) is 6.92 Å². The number of carboxylic acids is 1. The van der Waals surface area contributed by atoms with Gasteiger partial charge in [-0.3, -0.25) is 4.79 Å². The molecule has 1 saturated carbocycles. The Balaban J connectivity index is 2.18. The molecule has 17 heavy (non-hydrogen) atoms. The highest BCUT2D eigenvalue weighted by molar-refractivity contribution is 5.73. The van der Waals surface area contributed by atoms with Crippen molar-refractivity contribution in [1.82, 2.24) is 10.2 Å². The Kier molecular flexibility index (Phi) is 6.52. The molecule has 4 nitrogen and oxygen atoms in total. The lowest BCUT2D eigenvalue weighted by Gasteiger charge is -2.24. The Morgan fingerprint density at radius 2 is 2.12 bits per heavy atom. The predicted octanol–water partition coefficient (Wildman–Crippen LogP) is 1.70. The molecule has 0 bridgehead atoms. The zero-order chi connectivity index (χ0) is 12.7. The average molecular weight is 242 g/mol. The fourth-order valence-corrected chi connectivity index (χ4v) is 2.54. The molecular weight excluding hydrogens is 216 g/mol. The van der Waals surface area contributed by atoms with E-state index in [0.717, 1.165) is 19.5 Å². The van der Waals surface area contributed by atoms with Gasteiger partial charge in [-0.2, -0.15) is 0 Å². The average Bonchev–Trinajstić information content (AvgIpc) is 2.81. The van der Waals surface area contributed by atoms with Crippen molar-refractivity contribution in [2.24, 2.45) is 0 Å². The number of carbonyl (C=O) groups is 1. The highest BCUT2D eigenvalue weighted by atomic mass is 16.4. The van der Waals surface area contributed by atoms with Crippen molar-refractivity contribution in [3.63, 3.8) is 0 Å². The minimum atomic E-state index is -0.727. The molecule has 2 N–H and O–H groups in total. The first-order valence-electron chi connectivity index (χ1n) is 6.81. The van der Waals surface area contributed by atoms with Crippen molar-refractivity contribution in [1.29, 1.82) is 0 Å². The second kappa shape index (κ2) is 7.67. The minimum Gasteiger partial charge on any atom is -0.480 e. The first-order valence-corrected chi connectivity index (χ1v) is 6.81. The van der Waals surface area contributed by atoms with Crippen LogP contribution in [0, 0.1) is 0 Å². The Bertz CT molecular complexity index is 227. The van der Waals surface area contributed by atoms with Gasteiger partial charge in [-0.1, -0.05) is 26.2 Å². The van der Waals surface area contributed by atoms with Crippen molar-refractivity contribution < 1.29 is 9.90 Å². The van der Waals surface area contributed by atoms with E-state index in [1.165, 1.54) is 25.7 Å². The Morgan fingerprint density at radius 1 is 1.47 bits per heavy atom. The van der Waals surface area contributed by atoms with Gasteiger partial charge in [0.2, 0.25) is 0 Å². The normalized spacial score (nSPS) is 18.8.